The fourth-order valence-corrected chi connectivity index (χ4v) is 2.96. The van der Waals surface area contributed by atoms with Crippen molar-refractivity contribution in [1.82, 2.24) is 20.4 Å². The normalized spacial score (nSPS) is 12.9. The summed E-state index contributed by atoms with van der Waals surface area (Å²) in [5.74, 6) is -0.123. The van der Waals surface area contributed by atoms with Crippen LogP contribution in [-0.4, -0.2) is 118 Å². The minimum absolute atomic E-state index is 0.00594. The fourth-order valence-electron chi connectivity index (χ4n) is 2.96. The van der Waals surface area contributed by atoms with E-state index in [9.17, 15) is 14.7 Å². The summed E-state index contributed by atoms with van der Waals surface area (Å²) < 4.78 is 0.723. The first kappa shape index (κ1) is 26.5. The van der Waals surface area contributed by atoms with E-state index in [1.54, 1.807) is 6.92 Å². The molecule has 0 bridgehead atoms. The summed E-state index contributed by atoms with van der Waals surface area (Å²) in [5, 5.41) is 15.8. The van der Waals surface area contributed by atoms with E-state index in [4.69, 9.17) is 0 Å². The van der Waals surface area contributed by atoms with Crippen LogP contribution in [0.1, 0.15) is 19.8 Å². The van der Waals surface area contributed by atoms with Gasteiger partial charge in [-0.1, -0.05) is 6.58 Å². The van der Waals surface area contributed by atoms with Gasteiger partial charge in [-0.05, 0) is 34.5 Å². The van der Waals surface area contributed by atoms with E-state index in [0.717, 1.165) is 30.4 Å². The van der Waals surface area contributed by atoms with Crippen molar-refractivity contribution in [2.45, 2.75) is 25.9 Å². The van der Waals surface area contributed by atoms with Crippen molar-refractivity contribution in [3.63, 3.8) is 0 Å². The average Bonchev–Trinajstić information content (AvgIpc) is 2.53. The molecule has 0 aromatic rings. The number of quaternary nitrogens is 1. The van der Waals surface area contributed by atoms with E-state index < -0.39 is 0 Å². The van der Waals surface area contributed by atoms with Gasteiger partial charge < -0.3 is 25.1 Å². The molecule has 0 radical (unpaired) electrons. The van der Waals surface area contributed by atoms with Gasteiger partial charge in [-0.15, -0.1) is 0 Å². The number of hydrogen-bond donors (Lipinski definition) is 3. The topological polar surface area (TPSA) is 84.9 Å². The standard InChI is InChI=1S/C20H41N5O3/c1-17(2)20(28)22-10-8-12-24(5)15-19(27)21-11-9-13-25(6,7)16-18(26)14-23(3)4/h18,26H,1,8-16H2,2-7H3,(H-,21,22,27,28)/p+1. The highest BCUT2D eigenvalue weighted by molar-refractivity contribution is 5.92. The van der Waals surface area contributed by atoms with Gasteiger partial charge in [0.2, 0.25) is 11.8 Å². The second-order valence-electron chi connectivity index (χ2n) is 8.59. The second-order valence-corrected chi connectivity index (χ2v) is 8.59. The maximum Gasteiger partial charge on any atom is 0.246 e. The van der Waals surface area contributed by atoms with Crippen LogP contribution >= 0.6 is 0 Å². The lowest BCUT2D eigenvalue weighted by Crippen LogP contribution is -2.49. The number of likely N-dealkylation sites (N-methyl/N-ethyl adjacent to an activating group) is 3. The number of nitrogens with zero attached hydrogens (tertiary/aromatic N) is 3. The Balaban J connectivity index is 3.88. The van der Waals surface area contributed by atoms with Gasteiger partial charge in [0.05, 0.1) is 27.2 Å². The molecule has 0 spiro atoms. The van der Waals surface area contributed by atoms with E-state index >= 15 is 0 Å². The number of hydrogen-bond acceptors (Lipinski definition) is 5. The van der Waals surface area contributed by atoms with Crippen molar-refractivity contribution < 1.29 is 19.2 Å². The minimum atomic E-state index is -0.353. The van der Waals surface area contributed by atoms with E-state index in [2.05, 4.69) is 31.3 Å². The zero-order chi connectivity index (χ0) is 21.7. The molecule has 0 aliphatic heterocycles. The van der Waals surface area contributed by atoms with Crippen LogP contribution in [0, 0.1) is 0 Å². The summed E-state index contributed by atoms with van der Waals surface area (Å²) in [6.45, 7) is 9.79. The number of aliphatic hydroxyl groups is 1. The fraction of sp³-hybridized carbons (Fsp3) is 0.800. The average molecular weight is 401 g/mol. The lowest BCUT2D eigenvalue weighted by Gasteiger charge is -2.32. The molecular formula is C20H42N5O3+. The van der Waals surface area contributed by atoms with Gasteiger partial charge in [-0.25, -0.2) is 0 Å². The monoisotopic (exact) mass is 400 g/mol. The molecule has 164 valence electrons. The van der Waals surface area contributed by atoms with Gasteiger partial charge in [0, 0.05) is 38.2 Å². The predicted molar refractivity (Wildman–Crippen MR) is 114 cm³/mol. The molecule has 2 amide bonds. The number of nitrogens with one attached hydrogen (secondary N) is 2. The zero-order valence-corrected chi connectivity index (χ0v) is 18.8. The Bertz CT molecular complexity index is 494. The summed E-state index contributed by atoms with van der Waals surface area (Å²) in [6, 6.07) is 0. The van der Waals surface area contributed by atoms with E-state index in [0.29, 0.717) is 38.3 Å². The Morgan fingerprint density at radius 2 is 1.71 bits per heavy atom. The van der Waals surface area contributed by atoms with Crippen LogP contribution in [0.2, 0.25) is 0 Å². The molecule has 0 aromatic carbocycles. The Labute approximate surface area is 171 Å². The van der Waals surface area contributed by atoms with Gasteiger partial charge in [0.1, 0.15) is 12.6 Å². The minimum Gasteiger partial charge on any atom is -0.386 e. The number of amides is 2. The molecule has 1 atom stereocenters. The highest BCUT2D eigenvalue weighted by Gasteiger charge is 2.20. The molecule has 0 aromatic heterocycles. The van der Waals surface area contributed by atoms with Gasteiger partial charge >= 0.3 is 0 Å². The maximum absolute atomic E-state index is 12.0. The summed E-state index contributed by atoms with van der Waals surface area (Å²) in [4.78, 5) is 27.3. The first-order valence-electron chi connectivity index (χ1n) is 9.96. The molecule has 0 fully saturated rings. The summed E-state index contributed by atoms with van der Waals surface area (Å²) in [6.07, 6.45) is 1.29. The third-order valence-corrected chi connectivity index (χ3v) is 4.35. The van der Waals surface area contributed by atoms with E-state index in [1.807, 2.05) is 30.9 Å². The largest absolute Gasteiger partial charge is 0.386 e. The smallest absolute Gasteiger partial charge is 0.246 e. The number of aliphatic hydroxyl groups excluding tert-OH is 1. The first-order valence-corrected chi connectivity index (χ1v) is 9.96. The van der Waals surface area contributed by atoms with Crippen LogP contribution in [0.25, 0.3) is 0 Å². The predicted octanol–water partition coefficient (Wildman–Crippen LogP) is -0.494. The third kappa shape index (κ3) is 14.6. The summed E-state index contributed by atoms with van der Waals surface area (Å²) in [7, 11) is 10.00. The SMILES string of the molecule is C=C(C)C(=O)NCCCN(C)CC(=O)NCCC[N+](C)(C)CC(O)CN(C)C. The summed E-state index contributed by atoms with van der Waals surface area (Å²) >= 11 is 0. The number of carbonyl (C=O) groups is 2. The van der Waals surface area contributed by atoms with Crippen molar-refractivity contribution in [3.8, 4) is 0 Å². The van der Waals surface area contributed by atoms with Crippen LogP contribution in [0.3, 0.4) is 0 Å². The lowest BCUT2D eigenvalue weighted by molar-refractivity contribution is -0.893. The van der Waals surface area contributed by atoms with Crippen molar-refractivity contribution in [3.05, 3.63) is 12.2 Å². The van der Waals surface area contributed by atoms with Crippen LogP contribution in [0.5, 0.6) is 0 Å². The molecule has 0 aliphatic carbocycles. The molecular weight excluding hydrogens is 358 g/mol. The molecule has 0 heterocycles. The highest BCUT2D eigenvalue weighted by atomic mass is 16.3. The molecule has 0 saturated carbocycles. The van der Waals surface area contributed by atoms with Gasteiger partial charge in [-0.3, -0.25) is 14.5 Å². The Morgan fingerprint density at radius 1 is 1.11 bits per heavy atom. The van der Waals surface area contributed by atoms with Gasteiger partial charge in [-0.2, -0.15) is 0 Å². The zero-order valence-electron chi connectivity index (χ0n) is 18.8. The van der Waals surface area contributed by atoms with Crippen molar-refractivity contribution >= 4 is 11.8 Å². The van der Waals surface area contributed by atoms with E-state index in [-0.39, 0.29) is 17.9 Å². The molecule has 0 rings (SSSR count). The van der Waals surface area contributed by atoms with Crippen molar-refractivity contribution in [2.24, 2.45) is 0 Å². The van der Waals surface area contributed by atoms with Crippen LogP contribution in [-0.2, 0) is 9.59 Å². The molecule has 0 saturated heterocycles. The van der Waals surface area contributed by atoms with Gasteiger partial charge in [0.15, 0.2) is 0 Å². The summed E-state index contributed by atoms with van der Waals surface area (Å²) in [5.41, 5.74) is 0.502. The van der Waals surface area contributed by atoms with Gasteiger partial charge in [0.25, 0.3) is 0 Å². The molecule has 3 N–H and O–H groups in total. The Kier molecular flexibility index (Phi) is 12.9. The first-order chi connectivity index (χ1) is 12.9. The second kappa shape index (κ2) is 13.7. The Morgan fingerprint density at radius 3 is 2.29 bits per heavy atom. The Hall–Kier alpha value is -1.48. The van der Waals surface area contributed by atoms with Crippen molar-refractivity contribution in [1.29, 1.82) is 0 Å². The molecule has 8 heteroatoms. The van der Waals surface area contributed by atoms with Crippen LogP contribution < -0.4 is 10.6 Å². The van der Waals surface area contributed by atoms with E-state index in [1.165, 1.54) is 0 Å². The molecule has 28 heavy (non-hydrogen) atoms. The van der Waals surface area contributed by atoms with Crippen molar-refractivity contribution in [2.75, 3.05) is 81.1 Å². The van der Waals surface area contributed by atoms with Crippen LogP contribution in [0.4, 0.5) is 0 Å². The molecule has 1 unspecified atom stereocenters. The highest BCUT2D eigenvalue weighted by Crippen LogP contribution is 2.02. The quantitative estimate of drug-likeness (QED) is 0.196. The van der Waals surface area contributed by atoms with Crippen LogP contribution in [0.15, 0.2) is 12.2 Å². The lowest BCUT2D eigenvalue weighted by atomic mass is 10.2. The molecule has 8 nitrogen and oxygen atoms in total. The number of rotatable bonds is 15. The number of carbonyl (C=O) groups excluding carboxylic acids is 2. The third-order valence-electron chi connectivity index (χ3n) is 4.35. The molecule has 0 aliphatic rings. The maximum atomic E-state index is 12.0.